The Morgan fingerprint density at radius 2 is 1.89 bits per heavy atom. The molecule has 4 rings (SSSR count). The van der Waals surface area contributed by atoms with Crippen LogP contribution in [0.15, 0.2) is 53.6 Å². The van der Waals surface area contributed by atoms with Gasteiger partial charge in [0.1, 0.15) is 5.82 Å². The second kappa shape index (κ2) is 11.8. The number of benzene rings is 2. The van der Waals surface area contributed by atoms with E-state index in [-0.39, 0.29) is 17.4 Å². The van der Waals surface area contributed by atoms with Crippen molar-refractivity contribution in [3.05, 3.63) is 65.0 Å². The molecule has 1 aliphatic carbocycles. The Bertz CT molecular complexity index is 1180. The Labute approximate surface area is 221 Å². The number of nitrogens with one attached hydrogen (secondary N) is 3. The van der Waals surface area contributed by atoms with E-state index >= 15 is 0 Å². The molecular weight excluding hydrogens is 491 g/mol. The zero-order chi connectivity index (χ0) is 25.7. The van der Waals surface area contributed by atoms with Gasteiger partial charge >= 0.3 is 6.03 Å². The van der Waals surface area contributed by atoms with Gasteiger partial charge in [-0.15, -0.1) is 11.3 Å². The van der Waals surface area contributed by atoms with Crippen LogP contribution in [0, 0.1) is 5.82 Å². The van der Waals surface area contributed by atoms with Crippen LogP contribution < -0.4 is 15.4 Å². The molecule has 5 nitrogen and oxygen atoms in total. The molecular formula is C28H35FN4OS2. The van der Waals surface area contributed by atoms with E-state index in [0.717, 1.165) is 15.3 Å². The molecule has 1 saturated carbocycles. The fourth-order valence-corrected chi connectivity index (χ4v) is 6.40. The van der Waals surface area contributed by atoms with Crippen molar-refractivity contribution >= 4 is 35.0 Å². The number of halogens is 1. The van der Waals surface area contributed by atoms with Crippen molar-refractivity contribution < 1.29 is 9.18 Å². The van der Waals surface area contributed by atoms with Crippen molar-refractivity contribution in [2.24, 2.45) is 0 Å². The molecule has 8 heteroatoms. The van der Waals surface area contributed by atoms with Crippen molar-refractivity contribution in [3.63, 3.8) is 0 Å². The lowest BCUT2D eigenvalue weighted by Crippen LogP contribution is -2.31. The molecule has 0 radical (unpaired) electrons. The summed E-state index contributed by atoms with van der Waals surface area (Å²) in [6.45, 7) is 8.12. The van der Waals surface area contributed by atoms with Gasteiger partial charge in [-0.05, 0) is 70.7 Å². The fraction of sp³-hybridized carbons (Fsp3) is 0.429. The number of amides is 2. The summed E-state index contributed by atoms with van der Waals surface area (Å²) in [5.74, 6) is 0.237. The molecule has 0 unspecified atom stereocenters. The van der Waals surface area contributed by atoms with Gasteiger partial charge in [0.15, 0.2) is 0 Å². The Morgan fingerprint density at radius 1 is 1.14 bits per heavy atom. The highest BCUT2D eigenvalue weighted by Gasteiger charge is 2.21. The number of urea groups is 1. The molecule has 1 aliphatic rings. The summed E-state index contributed by atoms with van der Waals surface area (Å²) in [4.78, 5) is 19.6. The van der Waals surface area contributed by atoms with E-state index in [1.807, 2.05) is 24.4 Å². The van der Waals surface area contributed by atoms with Crippen LogP contribution in [0.2, 0.25) is 0 Å². The van der Waals surface area contributed by atoms with E-state index in [1.54, 1.807) is 48.4 Å². The molecule has 0 saturated heterocycles. The van der Waals surface area contributed by atoms with Gasteiger partial charge in [0.25, 0.3) is 0 Å². The molecule has 36 heavy (non-hydrogen) atoms. The summed E-state index contributed by atoms with van der Waals surface area (Å²) < 4.78 is 17.6. The molecule has 192 valence electrons. The molecule has 1 aromatic heterocycles. The minimum absolute atomic E-state index is 0.0844. The Morgan fingerprint density at radius 3 is 2.61 bits per heavy atom. The first-order chi connectivity index (χ1) is 17.2. The maximum absolute atomic E-state index is 14.1. The maximum atomic E-state index is 14.1. The summed E-state index contributed by atoms with van der Waals surface area (Å²) in [6, 6.07) is 11.6. The first-order valence-corrected chi connectivity index (χ1v) is 14.2. The van der Waals surface area contributed by atoms with E-state index in [4.69, 9.17) is 4.98 Å². The van der Waals surface area contributed by atoms with E-state index in [1.165, 1.54) is 43.2 Å². The quantitative estimate of drug-likeness (QED) is 0.271. The van der Waals surface area contributed by atoms with E-state index in [9.17, 15) is 9.18 Å². The molecule has 3 N–H and O–H groups in total. The molecule has 3 aromatic rings. The largest absolute Gasteiger partial charge is 0.331 e. The second-order valence-electron chi connectivity index (χ2n) is 10.4. The Kier molecular flexibility index (Phi) is 8.70. The first-order valence-electron chi connectivity index (χ1n) is 12.6. The minimum atomic E-state index is -0.461. The summed E-state index contributed by atoms with van der Waals surface area (Å²) >= 11 is 3.33. The summed E-state index contributed by atoms with van der Waals surface area (Å²) in [5, 5.41) is 6.97. The number of nitrogens with zero attached hydrogens (tertiary/aromatic N) is 1. The van der Waals surface area contributed by atoms with Crippen molar-refractivity contribution in [2.45, 2.75) is 82.2 Å². The van der Waals surface area contributed by atoms with Crippen molar-refractivity contribution in [1.82, 2.24) is 15.0 Å². The number of rotatable bonds is 7. The van der Waals surface area contributed by atoms with Crippen LogP contribution in [-0.4, -0.2) is 16.6 Å². The van der Waals surface area contributed by atoms with Crippen LogP contribution in [0.1, 0.15) is 82.3 Å². The SMILES string of the molecule is C[C@H](NC(=O)Nc1ccc(-c2cnc(C3CCCCC3)s2)c(SNC(C)(C)C)c1)c1ccccc1F. The summed E-state index contributed by atoms with van der Waals surface area (Å²) in [7, 11) is 0. The standard InChI is InChI=1S/C28H35FN4OS2/c1-18(21-12-8-9-13-23(21)29)31-27(34)32-20-14-15-22(24(16-20)36-33-28(2,3)4)25-17-30-26(35-25)19-10-6-5-7-11-19/h8-9,12-19,33H,5-7,10-11H2,1-4H3,(H2,31,32,34)/t18-/m0/s1. The van der Waals surface area contributed by atoms with Gasteiger partial charge in [0, 0.05) is 39.4 Å². The highest BCUT2D eigenvalue weighted by Crippen LogP contribution is 2.40. The third-order valence-electron chi connectivity index (χ3n) is 6.17. The lowest BCUT2D eigenvalue weighted by molar-refractivity contribution is 0.249. The zero-order valence-electron chi connectivity index (χ0n) is 21.4. The Hall–Kier alpha value is -2.42. The van der Waals surface area contributed by atoms with Crippen LogP contribution in [0.4, 0.5) is 14.9 Å². The monoisotopic (exact) mass is 526 g/mol. The average Bonchev–Trinajstić information content (AvgIpc) is 3.33. The topological polar surface area (TPSA) is 66.0 Å². The molecule has 0 bridgehead atoms. The molecule has 1 heterocycles. The van der Waals surface area contributed by atoms with Gasteiger partial charge < -0.3 is 10.6 Å². The highest BCUT2D eigenvalue weighted by molar-refractivity contribution is 7.97. The summed E-state index contributed by atoms with van der Waals surface area (Å²) in [6.07, 6.45) is 8.34. The van der Waals surface area contributed by atoms with Gasteiger partial charge in [-0.25, -0.2) is 14.2 Å². The molecule has 0 aliphatic heterocycles. The van der Waals surface area contributed by atoms with E-state index in [2.05, 4.69) is 36.1 Å². The predicted molar refractivity (Wildman–Crippen MR) is 149 cm³/mol. The lowest BCUT2D eigenvalue weighted by atomic mass is 9.90. The second-order valence-corrected chi connectivity index (χ2v) is 12.3. The van der Waals surface area contributed by atoms with Gasteiger partial charge in [-0.2, -0.15) is 0 Å². The number of hydrogen-bond donors (Lipinski definition) is 3. The number of carbonyl (C=O) groups is 1. The zero-order valence-corrected chi connectivity index (χ0v) is 23.0. The number of thiazole rings is 1. The fourth-order valence-electron chi connectivity index (χ4n) is 4.31. The van der Waals surface area contributed by atoms with E-state index < -0.39 is 6.04 Å². The third-order valence-corrected chi connectivity index (χ3v) is 8.63. The normalized spacial score (nSPS) is 15.5. The Balaban J connectivity index is 1.52. The van der Waals surface area contributed by atoms with Crippen LogP contribution >= 0.6 is 23.3 Å². The van der Waals surface area contributed by atoms with Gasteiger partial charge in [0.05, 0.1) is 15.9 Å². The molecule has 1 atom stereocenters. The van der Waals surface area contributed by atoms with Crippen molar-refractivity contribution in [3.8, 4) is 10.4 Å². The highest BCUT2D eigenvalue weighted by atomic mass is 32.2. The van der Waals surface area contributed by atoms with Crippen LogP contribution in [-0.2, 0) is 0 Å². The molecule has 0 spiro atoms. The average molecular weight is 527 g/mol. The molecule has 2 aromatic carbocycles. The minimum Gasteiger partial charge on any atom is -0.331 e. The number of aromatic nitrogens is 1. The number of hydrogen-bond acceptors (Lipinski definition) is 5. The summed E-state index contributed by atoms with van der Waals surface area (Å²) in [5.41, 5.74) is 2.14. The number of carbonyl (C=O) groups excluding carboxylic acids is 1. The van der Waals surface area contributed by atoms with Crippen LogP contribution in [0.5, 0.6) is 0 Å². The van der Waals surface area contributed by atoms with Crippen molar-refractivity contribution in [1.29, 1.82) is 0 Å². The molecule has 2 amide bonds. The number of anilines is 1. The van der Waals surface area contributed by atoms with E-state index in [0.29, 0.717) is 17.2 Å². The van der Waals surface area contributed by atoms with Crippen LogP contribution in [0.3, 0.4) is 0 Å². The van der Waals surface area contributed by atoms with Gasteiger partial charge in [0.2, 0.25) is 0 Å². The molecule has 1 fully saturated rings. The van der Waals surface area contributed by atoms with Gasteiger partial charge in [-0.1, -0.05) is 43.5 Å². The smallest absolute Gasteiger partial charge is 0.319 e. The van der Waals surface area contributed by atoms with Gasteiger partial charge in [-0.3, -0.25) is 4.72 Å². The maximum Gasteiger partial charge on any atom is 0.319 e. The third kappa shape index (κ3) is 7.08. The first kappa shape index (κ1) is 26.6. The van der Waals surface area contributed by atoms with Crippen LogP contribution in [0.25, 0.3) is 10.4 Å². The lowest BCUT2D eigenvalue weighted by Gasteiger charge is -2.21. The predicted octanol–water partition coefficient (Wildman–Crippen LogP) is 8.27. The van der Waals surface area contributed by atoms with Crippen molar-refractivity contribution in [2.75, 3.05) is 5.32 Å².